The van der Waals surface area contributed by atoms with Crippen LogP contribution in [0.2, 0.25) is 0 Å². The largest absolute Gasteiger partial charge is 0.464 e. The van der Waals surface area contributed by atoms with E-state index in [-0.39, 0.29) is 0 Å². The quantitative estimate of drug-likeness (QED) is 0.893. The van der Waals surface area contributed by atoms with Gasteiger partial charge in [0.1, 0.15) is 5.58 Å². The van der Waals surface area contributed by atoms with Gasteiger partial charge < -0.3 is 14.6 Å². The Morgan fingerprint density at radius 3 is 2.68 bits per heavy atom. The molecule has 3 rings (SSSR count). The summed E-state index contributed by atoms with van der Waals surface area (Å²) in [7, 11) is 6.38. The smallest absolute Gasteiger partial charge is 0.134 e. The first kappa shape index (κ1) is 12.7. The maximum Gasteiger partial charge on any atom is 0.134 e. The molecule has 2 aromatic rings. The van der Waals surface area contributed by atoms with Crippen LogP contribution in [-0.4, -0.2) is 32.6 Å². The lowest BCUT2D eigenvalue weighted by Crippen LogP contribution is -2.34. The highest BCUT2D eigenvalue weighted by Crippen LogP contribution is 2.57. The van der Waals surface area contributed by atoms with Crippen molar-refractivity contribution in [2.24, 2.45) is 5.41 Å². The summed E-state index contributed by atoms with van der Waals surface area (Å²) in [5.74, 6) is 0. The zero-order valence-electron chi connectivity index (χ0n) is 11.9. The summed E-state index contributed by atoms with van der Waals surface area (Å²) in [5, 5.41) is 4.61. The predicted octanol–water partition coefficient (Wildman–Crippen LogP) is 3.04. The van der Waals surface area contributed by atoms with Gasteiger partial charge in [-0.05, 0) is 40.1 Å². The molecule has 3 nitrogen and oxygen atoms in total. The lowest BCUT2D eigenvalue weighted by molar-refractivity contribution is 0.192. The van der Waals surface area contributed by atoms with Gasteiger partial charge in [-0.25, -0.2) is 0 Å². The molecule has 1 heterocycles. The first-order valence-corrected chi connectivity index (χ1v) is 6.95. The molecule has 0 aliphatic heterocycles. The van der Waals surface area contributed by atoms with Gasteiger partial charge in [0, 0.05) is 29.0 Å². The number of nitrogens with zero attached hydrogens (tertiary/aromatic N) is 1. The van der Waals surface area contributed by atoms with Crippen LogP contribution in [0.1, 0.15) is 24.4 Å². The van der Waals surface area contributed by atoms with Gasteiger partial charge in [-0.15, -0.1) is 0 Å². The fourth-order valence-corrected chi connectivity index (χ4v) is 3.43. The second-order valence-electron chi connectivity index (χ2n) is 5.95. The molecule has 1 aliphatic carbocycles. The Morgan fingerprint density at radius 1 is 1.32 bits per heavy atom. The highest BCUT2D eigenvalue weighted by Gasteiger charge is 2.51. The van der Waals surface area contributed by atoms with Crippen molar-refractivity contribution in [3.05, 3.63) is 36.1 Å². The molecule has 1 aromatic carbocycles. The van der Waals surface area contributed by atoms with E-state index in [1.54, 1.807) is 0 Å². The number of benzene rings is 1. The lowest BCUT2D eigenvalue weighted by Gasteiger charge is -2.32. The molecule has 0 saturated heterocycles. The maximum atomic E-state index is 5.73. The molecule has 1 aromatic heterocycles. The molecule has 19 heavy (non-hydrogen) atoms. The van der Waals surface area contributed by atoms with Crippen LogP contribution in [0.15, 0.2) is 34.9 Å². The second-order valence-corrected chi connectivity index (χ2v) is 5.95. The highest BCUT2D eigenvalue weighted by molar-refractivity contribution is 5.81. The van der Waals surface area contributed by atoms with Crippen LogP contribution in [0, 0.1) is 5.41 Å². The van der Waals surface area contributed by atoms with Gasteiger partial charge in [-0.2, -0.15) is 0 Å². The number of para-hydroxylation sites is 1. The summed E-state index contributed by atoms with van der Waals surface area (Å²) in [5.41, 5.74) is 2.68. The summed E-state index contributed by atoms with van der Waals surface area (Å²) >= 11 is 0. The Morgan fingerprint density at radius 2 is 2.05 bits per heavy atom. The molecule has 1 fully saturated rings. The van der Waals surface area contributed by atoms with Crippen LogP contribution in [0.5, 0.6) is 0 Å². The number of rotatable bonds is 5. The van der Waals surface area contributed by atoms with Crippen LogP contribution in [0.4, 0.5) is 0 Å². The second kappa shape index (κ2) is 4.66. The maximum absolute atomic E-state index is 5.73. The summed E-state index contributed by atoms with van der Waals surface area (Å²) in [6, 6.07) is 8.75. The minimum atomic E-state index is 0.366. The van der Waals surface area contributed by atoms with Crippen molar-refractivity contribution in [3.63, 3.8) is 0 Å². The van der Waals surface area contributed by atoms with Gasteiger partial charge in [0.05, 0.1) is 6.26 Å². The summed E-state index contributed by atoms with van der Waals surface area (Å²) in [6.45, 7) is 1.06. The van der Waals surface area contributed by atoms with E-state index in [1.165, 1.54) is 23.8 Å². The number of furan rings is 1. The molecule has 0 bridgehead atoms. The SMILES string of the molecule is CNCC1(C(c2coc3ccccc23)N(C)C)CC1. The van der Waals surface area contributed by atoms with Crippen molar-refractivity contribution in [3.8, 4) is 0 Å². The zero-order valence-corrected chi connectivity index (χ0v) is 11.9. The van der Waals surface area contributed by atoms with E-state index in [4.69, 9.17) is 4.42 Å². The van der Waals surface area contributed by atoms with Crippen LogP contribution in [-0.2, 0) is 0 Å². The molecule has 102 valence electrons. The molecular formula is C16H22N2O. The summed E-state index contributed by atoms with van der Waals surface area (Å²) in [4.78, 5) is 2.33. The number of hydrogen-bond acceptors (Lipinski definition) is 3. The Bertz CT molecular complexity index is 569. The molecule has 0 amide bonds. The molecular weight excluding hydrogens is 236 g/mol. The molecule has 1 atom stereocenters. The highest BCUT2D eigenvalue weighted by atomic mass is 16.3. The molecule has 1 aliphatic rings. The Labute approximate surface area is 114 Å². The number of fused-ring (bicyclic) bond motifs is 1. The monoisotopic (exact) mass is 258 g/mol. The zero-order chi connectivity index (χ0) is 13.5. The number of hydrogen-bond donors (Lipinski definition) is 1. The Balaban J connectivity index is 2.06. The van der Waals surface area contributed by atoms with E-state index in [0.717, 1.165) is 12.1 Å². The molecule has 1 N–H and O–H groups in total. The van der Waals surface area contributed by atoms with Crippen LogP contribution in [0.3, 0.4) is 0 Å². The standard InChI is InChI=1S/C16H22N2O/c1-17-11-16(8-9-16)15(18(2)3)13-10-19-14-7-5-4-6-12(13)14/h4-7,10,15,17H,8-9,11H2,1-3H3. The Kier molecular flexibility index (Phi) is 3.11. The third-order valence-corrected chi connectivity index (χ3v) is 4.32. The van der Waals surface area contributed by atoms with Gasteiger partial charge in [0.15, 0.2) is 0 Å². The summed E-state index contributed by atoms with van der Waals surface area (Å²) in [6.07, 6.45) is 4.53. The van der Waals surface area contributed by atoms with Gasteiger partial charge in [0.2, 0.25) is 0 Å². The predicted molar refractivity (Wildman–Crippen MR) is 78.2 cm³/mol. The van der Waals surface area contributed by atoms with Crippen molar-refractivity contribution in [2.75, 3.05) is 27.7 Å². The average molecular weight is 258 g/mol. The molecule has 1 unspecified atom stereocenters. The fourth-order valence-electron chi connectivity index (χ4n) is 3.43. The average Bonchev–Trinajstić information content (AvgIpc) is 3.03. The van der Waals surface area contributed by atoms with Crippen LogP contribution >= 0.6 is 0 Å². The molecule has 3 heteroatoms. The first-order valence-electron chi connectivity index (χ1n) is 6.95. The van der Waals surface area contributed by atoms with E-state index < -0.39 is 0 Å². The molecule has 1 saturated carbocycles. The third kappa shape index (κ3) is 2.07. The van der Waals surface area contributed by atoms with Gasteiger partial charge >= 0.3 is 0 Å². The topological polar surface area (TPSA) is 28.4 Å². The minimum absolute atomic E-state index is 0.366. The summed E-state index contributed by atoms with van der Waals surface area (Å²) < 4.78 is 5.73. The van der Waals surface area contributed by atoms with Gasteiger partial charge in [-0.3, -0.25) is 0 Å². The van der Waals surface area contributed by atoms with E-state index in [1.807, 2.05) is 25.4 Å². The fraction of sp³-hybridized carbons (Fsp3) is 0.500. The molecule has 0 radical (unpaired) electrons. The van der Waals surface area contributed by atoms with Crippen molar-refractivity contribution in [1.29, 1.82) is 0 Å². The van der Waals surface area contributed by atoms with Gasteiger partial charge in [-0.1, -0.05) is 18.2 Å². The Hall–Kier alpha value is -1.32. The van der Waals surface area contributed by atoms with Crippen molar-refractivity contribution in [1.82, 2.24) is 10.2 Å². The minimum Gasteiger partial charge on any atom is -0.464 e. The normalized spacial score (nSPS) is 18.9. The van der Waals surface area contributed by atoms with Crippen LogP contribution < -0.4 is 5.32 Å². The first-order chi connectivity index (χ1) is 9.18. The lowest BCUT2D eigenvalue weighted by atomic mass is 9.88. The van der Waals surface area contributed by atoms with Crippen LogP contribution in [0.25, 0.3) is 11.0 Å². The van der Waals surface area contributed by atoms with E-state index in [2.05, 4.69) is 36.4 Å². The van der Waals surface area contributed by atoms with Crippen molar-refractivity contribution in [2.45, 2.75) is 18.9 Å². The molecule has 0 spiro atoms. The van der Waals surface area contributed by atoms with Crippen molar-refractivity contribution < 1.29 is 4.42 Å². The number of nitrogens with one attached hydrogen (secondary N) is 1. The van der Waals surface area contributed by atoms with Crippen molar-refractivity contribution >= 4 is 11.0 Å². The van der Waals surface area contributed by atoms with E-state index in [9.17, 15) is 0 Å². The van der Waals surface area contributed by atoms with E-state index >= 15 is 0 Å². The van der Waals surface area contributed by atoms with Gasteiger partial charge in [0.25, 0.3) is 0 Å². The third-order valence-electron chi connectivity index (χ3n) is 4.32. The van der Waals surface area contributed by atoms with E-state index in [0.29, 0.717) is 11.5 Å².